The summed E-state index contributed by atoms with van der Waals surface area (Å²) in [5.74, 6) is 0. The Morgan fingerprint density at radius 3 is 2.50 bits per heavy atom. The van der Waals surface area contributed by atoms with Gasteiger partial charge in [0.2, 0.25) is 0 Å². The molecule has 0 aromatic carbocycles. The second-order valence-electron chi connectivity index (χ2n) is 2.82. The molecule has 2 N–H and O–H groups in total. The number of hydrogen-bond acceptors (Lipinski definition) is 0. The summed E-state index contributed by atoms with van der Waals surface area (Å²) in [6, 6.07) is 1.05. The summed E-state index contributed by atoms with van der Waals surface area (Å²) in [5.41, 5.74) is 0.764. The van der Waals surface area contributed by atoms with Crippen molar-refractivity contribution in [2.45, 2.75) is 31.3 Å². The summed E-state index contributed by atoms with van der Waals surface area (Å²) in [4.78, 5) is 0. The predicted molar refractivity (Wildman–Crippen MR) is 23.4 cm³/mol. The Morgan fingerprint density at radius 1 is 1.83 bits per heavy atom. The SMILES string of the molecule is CC12CCC1[NH2+]2. The lowest BCUT2D eigenvalue weighted by atomic mass is 9.87. The molecule has 1 heteroatoms. The molecule has 0 radical (unpaired) electrons. The lowest BCUT2D eigenvalue weighted by Crippen LogP contribution is -2.63. The van der Waals surface area contributed by atoms with Gasteiger partial charge in [-0.25, -0.2) is 0 Å². The fourth-order valence-corrected chi connectivity index (χ4v) is 1.34. The van der Waals surface area contributed by atoms with Gasteiger partial charge in [-0.3, -0.25) is 0 Å². The Labute approximate surface area is 37.7 Å². The minimum Gasteiger partial charge on any atom is -0.329 e. The van der Waals surface area contributed by atoms with Gasteiger partial charge in [0.15, 0.2) is 0 Å². The number of rotatable bonds is 0. The van der Waals surface area contributed by atoms with Gasteiger partial charge in [0.1, 0.15) is 11.6 Å². The van der Waals surface area contributed by atoms with E-state index >= 15 is 0 Å². The van der Waals surface area contributed by atoms with Gasteiger partial charge in [-0.1, -0.05) is 0 Å². The van der Waals surface area contributed by atoms with Gasteiger partial charge in [-0.15, -0.1) is 0 Å². The highest BCUT2D eigenvalue weighted by Crippen LogP contribution is 2.34. The van der Waals surface area contributed by atoms with E-state index in [0.717, 1.165) is 11.6 Å². The van der Waals surface area contributed by atoms with Crippen LogP contribution in [0, 0.1) is 0 Å². The van der Waals surface area contributed by atoms with Gasteiger partial charge >= 0.3 is 0 Å². The lowest BCUT2D eigenvalue weighted by molar-refractivity contribution is -0.523. The highest BCUT2D eigenvalue weighted by atomic mass is 15.2. The number of nitrogens with two attached hydrogens (primary N) is 1. The van der Waals surface area contributed by atoms with E-state index in [0.29, 0.717) is 0 Å². The Morgan fingerprint density at radius 2 is 2.50 bits per heavy atom. The zero-order valence-electron chi connectivity index (χ0n) is 4.07. The van der Waals surface area contributed by atoms with Crippen molar-refractivity contribution >= 4 is 0 Å². The van der Waals surface area contributed by atoms with E-state index in [-0.39, 0.29) is 0 Å². The molecule has 2 rings (SSSR count). The highest BCUT2D eigenvalue weighted by molar-refractivity contribution is 5.01. The van der Waals surface area contributed by atoms with Crippen molar-refractivity contribution in [3.05, 3.63) is 0 Å². The number of hydrogen-bond donors (Lipinski definition) is 1. The average Bonchev–Trinajstić information content (AvgIpc) is 1.88. The van der Waals surface area contributed by atoms with Crippen molar-refractivity contribution in [2.24, 2.45) is 0 Å². The van der Waals surface area contributed by atoms with Crippen LogP contribution in [-0.2, 0) is 0 Å². The third kappa shape index (κ3) is 0.155. The van der Waals surface area contributed by atoms with Crippen LogP contribution >= 0.6 is 0 Å². The maximum absolute atomic E-state index is 2.47. The molecule has 1 aliphatic carbocycles. The monoisotopic (exact) mass is 84.1 g/mol. The molecule has 2 unspecified atom stereocenters. The summed E-state index contributed by atoms with van der Waals surface area (Å²) >= 11 is 0. The van der Waals surface area contributed by atoms with Gasteiger partial charge in [0.25, 0.3) is 0 Å². The molecule has 1 aliphatic heterocycles. The maximum Gasteiger partial charge on any atom is 0.146 e. The van der Waals surface area contributed by atoms with Crippen LogP contribution in [0.5, 0.6) is 0 Å². The molecule has 1 nitrogen and oxygen atoms in total. The molecule has 1 saturated carbocycles. The molecule has 0 bridgehead atoms. The summed E-state index contributed by atoms with van der Waals surface area (Å²) < 4.78 is 0. The average molecular weight is 84.1 g/mol. The van der Waals surface area contributed by atoms with Crippen LogP contribution in [0.25, 0.3) is 0 Å². The third-order valence-corrected chi connectivity index (χ3v) is 2.31. The Bertz CT molecular complexity index is 85.9. The molecular weight excluding hydrogens is 74.1 g/mol. The normalized spacial score (nSPS) is 62.5. The molecule has 6 heavy (non-hydrogen) atoms. The quantitative estimate of drug-likeness (QED) is 0.380. The lowest BCUT2D eigenvalue weighted by Gasteiger charge is -2.06. The Balaban J connectivity index is 2.22. The first-order valence-corrected chi connectivity index (χ1v) is 2.67. The van der Waals surface area contributed by atoms with Gasteiger partial charge in [0, 0.05) is 12.8 Å². The van der Waals surface area contributed by atoms with E-state index in [9.17, 15) is 0 Å². The van der Waals surface area contributed by atoms with Gasteiger partial charge in [0.05, 0.1) is 0 Å². The predicted octanol–water partition coefficient (Wildman–Crippen LogP) is -0.516. The van der Waals surface area contributed by atoms with Gasteiger partial charge in [-0.05, 0) is 6.92 Å². The first kappa shape index (κ1) is 3.03. The van der Waals surface area contributed by atoms with Crippen molar-refractivity contribution < 1.29 is 5.32 Å². The second kappa shape index (κ2) is 0.544. The molecular formula is C5H10N+. The van der Waals surface area contributed by atoms with Crippen LogP contribution in [0.2, 0.25) is 0 Å². The molecule has 34 valence electrons. The van der Waals surface area contributed by atoms with Crippen molar-refractivity contribution in [2.75, 3.05) is 0 Å². The van der Waals surface area contributed by atoms with E-state index in [4.69, 9.17) is 0 Å². The molecule has 0 amide bonds. The van der Waals surface area contributed by atoms with Crippen LogP contribution < -0.4 is 5.32 Å². The molecule has 2 fully saturated rings. The molecule has 0 spiro atoms. The van der Waals surface area contributed by atoms with Gasteiger partial charge < -0.3 is 5.32 Å². The molecule has 2 aliphatic rings. The second-order valence-corrected chi connectivity index (χ2v) is 2.82. The smallest absolute Gasteiger partial charge is 0.146 e. The van der Waals surface area contributed by atoms with E-state index < -0.39 is 0 Å². The molecule has 0 aromatic heterocycles. The largest absolute Gasteiger partial charge is 0.329 e. The van der Waals surface area contributed by atoms with Crippen molar-refractivity contribution in [1.82, 2.24) is 0 Å². The van der Waals surface area contributed by atoms with Crippen molar-refractivity contribution in [3.8, 4) is 0 Å². The Kier molecular flexibility index (Phi) is 0.274. The van der Waals surface area contributed by atoms with E-state index in [1.807, 2.05) is 0 Å². The van der Waals surface area contributed by atoms with E-state index in [2.05, 4.69) is 12.2 Å². The van der Waals surface area contributed by atoms with Crippen molar-refractivity contribution in [3.63, 3.8) is 0 Å². The van der Waals surface area contributed by atoms with Crippen molar-refractivity contribution in [1.29, 1.82) is 0 Å². The fraction of sp³-hybridized carbons (Fsp3) is 1.00. The third-order valence-electron chi connectivity index (χ3n) is 2.31. The van der Waals surface area contributed by atoms with Crippen LogP contribution in [0.3, 0.4) is 0 Å². The van der Waals surface area contributed by atoms with Gasteiger partial charge in [-0.2, -0.15) is 0 Å². The Hall–Kier alpha value is -0.0400. The summed E-state index contributed by atoms with van der Waals surface area (Å²) in [7, 11) is 0. The first-order valence-electron chi connectivity index (χ1n) is 2.67. The van der Waals surface area contributed by atoms with Crippen LogP contribution in [0.1, 0.15) is 19.8 Å². The fourth-order valence-electron chi connectivity index (χ4n) is 1.34. The standard InChI is InChI=1S/C5H9N/c1-5-3-2-4(5)6-5/h4,6H,2-3H2,1H3/p+1. The molecule has 1 heterocycles. The maximum atomic E-state index is 2.47. The molecule has 2 atom stereocenters. The molecule has 1 saturated heterocycles. The summed E-state index contributed by atoms with van der Waals surface area (Å²) in [5, 5.41) is 2.47. The minimum absolute atomic E-state index is 0.764. The zero-order valence-corrected chi connectivity index (χ0v) is 4.07. The van der Waals surface area contributed by atoms with Crippen LogP contribution in [0.15, 0.2) is 0 Å². The number of quaternary nitrogens is 1. The zero-order chi connectivity index (χ0) is 4.20. The van der Waals surface area contributed by atoms with Crippen LogP contribution in [0.4, 0.5) is 0 Å². The van der Waals surface area contributed by atoms with E-state index in [1.54, 1.807) is 0 Å². The van der Waals surface area contributed by atoms with E-state index in [1.165, 1.54) is 12.8 Å². The summed E-state index contributed by atoms with van der Waals surface area (Å²) in [6.07, 6.45) is 2.95. The highest BCUT2D eigenvalue weighted by Gasteiger charge is 2.64. The topological polar surface area (TPSA) is 16.6 Å². The number of fused-ring (bicyclic) bond motifs is 1. The first-order chi connectivity index (χ1) is 2.81. The van der Waals surface area contributed by atoms with Crippen LogP contribution in [-0.4, -0.2) is 11.6 Å². The summed E-state index contributed by atoms with van der Waals surface area (Å²) in [6.45, 7) is 2.35. The molecule has 0 aromatic rings. The minimum atomic E-state index is 0.764.